The number of hydrogen-bond acceptors (Lipinski definition) is 7. The van der Waals surface area contributed by atoms with Crippen molar-refractivity contribution in [3.8, 4) is 5.69 Å². The molecule has 2 atom stereocenters. The molecule has 0 spiro atoms. The number of hydrogen-bond donors (Lipinski definition) is 0. The Labute approximate surface area is 186 Å². The number of benzene rings is 1. The Hall–Kier alpha value is -2.26. The predicted molar refractivity (Wildman–Crippen MR) is 118 cm³/mol. The number of aryl methyl sites for hydroxylation is 1. The summed E-state index contributed by atoms with van der Waals surface area (Å²) in [5, 5.41) is 13.8. The van der Waals surface area contributed by atoms with Crippen LogP contribution in [0, 0.1) is 5.82 Å². The minimum absolute atomic E-state index is 0.0837. The van der Waals surface area contributed by atoms with Crippen LogP contribution >= 0.6 is 11.8 Å². The summed E-state index contributed by atoms with van der Waals surface area (Å²) in [6, 6.07) is 6.59. The van der Waals surface area contributed by atoms with Crippen LogP contribution in [-0.4, -0.2) is 42.9 Å². The van der Waals surface area contributed by atoms with Crippen molar-refractivity contribution in [1.82, 2.24) is 29.8 Å². The van der Waals surface area contributed by atoms with Crippen LogP contribution in [0.1, 0.15) is 75.3 Å². The molecule has 1 aliphatic heterocycles. The molecule has 0 amide bonds. The number of thioether (sulfide) groups is 1. The van der Waals surface area contributed by atoms with Crippen LogP contribution in [0.4, 0.5) is 4.39 Å². The maximum Gasteiger partial charge on any atom is 0.239 e. The van der Waals surface area contributed by atoms with E-state index in [-0.39, 0.29) is 17.1 Å². The molecule has 1 aliphatic rings. The summed E-state index contributed by atoms with van der Waals surface area (Å²) in [6.45, 7) is 8.38. The van der Waals surface area contributed by atoms with Crippen molar-refractivity contribution in [3.63, 3.8) is 0 Å². The Bertz CT molecular complexity index is 982. The lowest BCUT2D eigenvalue weighted by atomic mass is 10.1. The SMILES string of the molecule is CCCc1noc([C@H](C)Sc2nnc([C@@H](C)N3CCCCC3)n2-c2ccc(F)cc2)n1. The summed E-state index contributed by atoms with van der Waals surface area (Å²) in [5.41, 5.74) is 0.845. The molecule has 1 aromatic carbocycles. The predicted octanol–water partition coefficient (Wildman–Crippen LogP) is 5.14. The van der Waals surface area contributed by atoms with Gasteiger partial charge in [-0.3, -0.25) is 9.47 Å². The quantitative estimate of drug-likeness (QED) is 0.445. The summed E-state index contributed by atoms with van der Waals surface area (Å²) in [4.78, 5) is 6.96. The first-order valence-electron chi connectivity index (χ1n) is 11.0. The molecule has 0 saturated carbocycles. The van der Waals surface area contributed by atoms with Crippen LogP contribution in [0.15, 0.2) is 33.9 Å². The van der Waals surface area contributed by atoms with E-state index >= 15 is 0 Å². The normalized spacial score (nSPS) is 17.0. The summed E-state index contributed by atoms with van der Waals surface area (Å²) < 4.78 is 21.1. The monoisotopic (exact) mass is 444 g/mol. The zero-order valence-electron chi connectivity index (χ0n) is 18.3. The molecule has 7 nitrogen and oxygen atoms in total. The maximum absolute atomic E-state index is 13.6. The number of likely N-dealkylation sites (tertiary alicyclic amines) is 1. The van der Waals surface area contributed by atoms with E-state index in [0.717, 1.165) is 48.4 Å². The van der Waals surface area contributed by atoms with Gasteiger partial charge in [0.2, 0.25) is 5.89 Å². The Morgan fingerprint density at radius 2 is 1.84 bits per heavy atom. The van der Waals surface area contributed by atoms with Gasteiger partial charge in [0, 0.05) is 12.1 Å². The van der Waals surface area contributed by atoms with Crippen molar-refractivity contribution in [2.24, 2.45) is 0 Å². The minimum Gasteiger partial charge on any atom is -0.338 e. The highest BCUT2D eigenvalue weighted by atomic mass is 32.2. The third kappa shape index (κ3) is 4.98. The van der Waals surface area contributed by atoms with Crippen LogP contribution in [0.3, 0.4) is 0 Å². The van der Waals surface area contributed by atoms with Crippen molar-refractivity contribution in [1.29, 1.82) is 0 Å². The fourth-order valence-corrected chi connectivity index (χ4v) is 4.80. The molecule has 0 aliphatic carbocycles. The molecule has 166 valence electrons. The smallest absolute Gasteiger partial charge is 0.239 e. The molecule has 4 rings (SSSR count). The molecule has 1 saturated heterocycles. The van der Waals surface area contributed by atoms with Crippen molar-refractivity contribution in [2.75, 3.05) is 13.1 Å². The molecule has 2 aromatic heterocycles. The molecule has 0 N–H and O–H groups in total. The highest BCUT2D eigenvalue weighted by molar-refractivity contribution is 7.99. The number of aromatic nitrogens is 5. The summed E-state index contributed by atoms with van der Waals surface area (Å²) in [6.07, 6.45) is 5.44. The van der Waals surface area contributed by atoms with Crippen molar-refractivity contribution < 1.29 is 8.91 Å². The molecular formula is C22H29FN6OS. The largest absolute Gasteiger partial charge is 0.338 e. The second-order valence-electron chi connectivity index (χ2n) is 7.98. The first-order valence-corrected chi connectivity index (χ1v) is 11.9. The standard InChI is InChI=1S/C22H29FN6OS/c1-4-8-19-24-21(30-27-19)16(3)31-22-26-25-20(15(2)28-13-6-5-7-14-28)29(22)18-11-9-17(23)10-12-18/h9-12,15-16H,4-8,13-14H2,1-3H3/t15-,16+/m1/s1. The molecule has 0 unspecified atom stereocenters. The van der Waals surface area contributed by atoms with Gasteiger partial charge in [0.25, 0.3) is 0 Å². The molecule has 0 radical (unpaired) electrons. The molecule has 9 heteroatoms. The van der Waals surface area contributed by atoms with E-state index in [9.17, 15) is 4.39 Å². The zero-order chi connectivity index (χ0) is 21.8. The van der Waals surface area contributed by atoms with Crippen molar-refractivity contribution >= 4 is 11.8 Å². The second kappa shape index (κ2) is 9.91. The Morgan fingerprint density at radius 3 is 2.55 bits per heavy atom. The van der Waals surface area contributed by atoms with Crippen molar-refractivity contribution in [3.05, 3.63) is 47.6 Å². The molecule has 1 fully saturated rings. The van der Waals surface area contributed by atoms with E-state index in [1.54, 1.807) is 12.1 Å². The van der Waals surface area contributed by atoms with Crippen LogP contribution in [0.2, 0.25) is 0 Å². The van der Waals surface area contributed by atoms with E-state index in [1.807, 2.05) is 11.5 Å². The fraction of sp³-hybridized carbons (Fsp3) is 0.545. The summed E-state index contributed by atoms with van der Waals surface area (Å²) in [5.74, 6) is 1.90. The Kier molecular flexibility index (Phi) is 7.02. The van der Waals surface area contributed by atoms with E-state index in [4.69, 9.17) is 4.52 Å². The number of piperidine rings is 1. The van der Waals surface area contributed by atoms with Gasteiger partial charge < -0.3 is 4.52 Å². The zero-order valence-corrected chi connectivity index (χ0v) is 19.1. The van der Waals surface area contributed by atoms with E-state index in [0.29, 0.717) is 5.89 Å². The third-order valence-electron chi connectivity index (χ3n) is 5.64. The molecule has 31 heavy (non-hydrogen) atoms. The van der Waals surface area contributed by atoms with E-state index in [1.165, 1.54) is 43.2 Å². The van der Waals surface area contributed by atoms with Gasteiger partial charge in [-0.25, -0.2) is 4.39 Å². The van der Waals surface area contributed by atoms with E-state index < -0.39 is 0 Å². The summed E-state index contributed by atoms with van der Waals surface area (Å²) >= 11 is 1.52. The highest BCUT2D eigenvalue weighted by Gasteiger charge is 2.27. The van der Waals surface area contributed by atoms with Gasteiger partial charge in [0.15, 0.2) is 16.8 Å². The summed E-state index contributed by atoms with van der Waals surface area (Å²) in [7, 11) is 0. The number of nitrogens with zero attached hydrogens (tertiary/aromatic N) is 6. The minimum atomic E-state index is -0.265. The van der Waals surface area contributed by atoms with Crippen LogP contribution in [-0.2, 0) is 6.42 Å². The lowest BCUT2D eigenvalue weighted by Gasteiger charge is -2.31. The average Bonchev–Trinajstić information content (AvgIpc) is 3.42. The van der Waals surface area contributed by atoms with Gasteiger partial charge in [-0.2, -0.15) is 4.98 Å². The first kappa shape index (κ1) is 22.0. The number of rotatable bonds is 8. The van der Waals surface area contributed by atoms with Gasteiger partial charge in [-0.15, -0.1) is 10.2 Å². The van der Waals surface area contributed by atoms with Crippen LogP contribution < -0.4 is 0 Å². The van der Waals surface area contributed by atoms with Gasteiger partial charge in [0.05, 0.1) is 11.3 Å². The number of halogens is 1. The second-order valence-corrected chi connectivity index (χ2v) is 9.29. The van der Waals surface area contributed by atoms with Gasteiger partial charge in [0.1, 0.15) is 5.82 Å². The maximum atomic E-state index is 13.6. The van der Waals surface area contributed by atoms with Gasteiger partial charge in [-0.1, -0.05) is 30.3 Å². The fourth-order valence-electron chi connectivity index (χ4n) is 3.90. The highest BCUT2D eigenvalue weighted by Crippen LogP contribution is 2.36. The van der Waals surface area contributed by atoms with Crippen molar-refractivity contribution in [2.45, 2.75) is 69.3 Å². The van der Waals surface area contributed by atoms with Gasteiger partial charge >= 0.3 is 0 Å². The molecule has 3 heterocycles. The third-order valence-corrected chi connectivity index (χ3v) is 6.67. The topological polar surface area (TPSA) is 72.9 Å². The molecule has 3 aromatic rings. The Balaban J connectivity index is 1.64. The average molecular weight is 445 g/mol. The lowest BCUT2D eigenvalue weighted by Crippen LogP contribution is -2.33. The van der Waals surface area contributed by atoms with Crippen LogP contribution in [0.5, 0.6) is 0 Å². The lowest BCUT2D eigenvalue weighted by molar-refractivity contribution is 0.167. The first-order chi connectivity index (χ1) is 15.1. The van der Waals surface area contributed by atoms with E-state index in [2.05, 4.69) is 39.1 Å². The molecule has 0 bridgehead atoms. The molecular weight excluding hydrogens is 415 g/mol. The van der Waals surface area contributed by atoms with Crippen LogP contribution in [0.25, 0.3) is 5.69 Å². The van der Waals surface area contributed by atoms with Gasteiger partial charge in [-0.05, 0) is 70.5 Å². The Morgan fingerprint density at radius 1 is 1.10 bits per heavy atom.